The first kappa shape index (κ1) is 13.2. The Bertz CT molecular complexity index is 789. The molecule has 5 nitrogen and oxygen atoms in total. The van der Waals surface area contributed by atoms with Crippen LogP contribution in [-0.2, 0) is 0 Å². The van der Waals surface area contributed by atoms with E-state index in [0.29, 0.717) is 17.2 Å². The number of nitrogens with two attached hydrogens (primary N) is 1. The Morgan fingerprint density at radius 2 is 1.90 bits per heavy atom. The van der Waals surface area contributed by atoms with E-state index < -0.39 is 0 Å². The van der Waals surface area contributed by atoms with Gasteiger partial charge in [-0.05, 0) is 65.7 Å². The van der Waals surface area contributed by atoms with Crippen molar-refractivity contribution in [3.8, 4) is 17.1 Å². The second-order valence-electron chi connectivity index (χ2n) is 4.98. The molecule has 2 aromatic carbocycles. The van der Waals surface area contributed by atoms with Gasteiger partial charge in [0.25, 0.3) is 0 Å². The summed E-state index contributed by atoms with van der Waals surface area (Å²) in [6, 6.07) is 10.2. The first-order valence-electron chi connectivity index (χ1n) is 6.47. The Morgan fingerprint density at radius 3 is 2.67 bits per heavy atom. The van der Waals surface area contributed by atoms with E-state index in [9.17, 15) is 4.39 Å². The van der Waals surface area contributed by atoms with Gasteiger partial charge >= 0.3 is 0 Å². The summed E-state index contributed by atoms with van der Waals surface area (Å²) in [5, 5.41) is 11.7. The van der Waals surface area contributed by atoms with Crippen molar-refractivity contribution in [3.05, 3.63) is 53.3 Å². The molecule has 1 aromatic heterocycles. The fourth-order valence-electron chi connectivity index (χ4n) is 2.25. The van der Waals surface area contributed by atoms with Gasteiger partial charge in [-0.25, -0.2) is 4.39 Å². The number of hydrogen-bond acceptors (Lipinski definition) is 4. The third-order valence-corrected chi connectivity index (χ3v) is 3.24. The van der Waals surface area contributed by atoms with E-state index in [1.807, 2.05) is 38.1 Å². The van der Waals surface area contributed by atoms with Crippen LogP contribution in [0, 0.1) is 19.7 Å². The van der Waals surface area contributed by atoms with Crippen LogP contribution in [0.2, 0.25) is 0 Å². The monoisotopic (exact) mass is 283 g/mol. The number of tetrazole rings is 1. The van der Waals surface area contributed by atoms with Crippen LogP contribution in [0.4, 0.5) is 10.1 Å². The molecule has 0 saturated carbocycles. The predicted octanol–water partition coefficient (Wildman–Crippen LogP) is 2.67. The molecule has 0 bridgehead atoms. The third kappa shape index (κ3) is 2.47. The molecular formula is C15H14FN5. The molecule has 3 rings (SSSR count). The van der Waals surface area contributed by atoms with Crippen molar-refractivity contribution < 1.29 is 4.39 Å². The van der Waals surface area contributed by atoms with Crippen molar-refractivity contribution in [1.82, 2.24) is 20.2 Å². The fourth-order valence-corrected chi connectivity index (χ4v) is 2.25. The van der Waals surface area contributed by atoms with Crippen molar-refractivity contribution in [2.24, 2.45) is 0 Å². The molecule has 3 aromatic rings. The van der Waals surface area contributed by atoms with E-state index in [0.717, 1.165) is 16.7 Å². The lowest BCUT2D eigenvalue weighted by molar-refractivity contribution is 0.623. The number of hydrogen-bond donors (Lipinski definition) is 1. The van der Waals surface area contributed by atoms with Crippen LogP contribution in [0.5, 0.6) is 0 Å². The van der Waals surface area contributed by atoms with Crippen LogP contribution >= 0.6 is 0 Å². The van der Waals surface area contributed by atoms with Gasteiger partial charge in [0.15, 0.2) is 5.82 Å². The Balaban J connectivity index is 2.19. The highest BCUT2D eigenvalue weighted by Crippen LogP contribution is 2.25. The average Bonchev–Trinajstić information content (AvgIpc) is 2.89. The molecule has 0 aliphatic heterocycles. The van der Waals surface area contributed by atoms with Gasteiger partial charge in [-0.3, -0.25) is 0 Å². The average molecular weight is 283 g/mol. The summed E-state index contributed by atoms with van der Waals surface area (Å²) in [5.74, 6) is 0.209. The number of halogens is 1. The number of nitrogen functional groups attached to an aromatic ring is 1. The highest BCUT2D eigenvalue weighted by Gasteiger charge is 2.14. The highest BCUT2D eigenvalue weighted by atomic mass is 19.1. The zero-order valence-electron chi connectivity index (χ0n) is 11.7. The normalized spacial score (nSPS) is 10.8. The molecular weight excluding hydrogens is 269 g/mol. The zero-order chi connectivity index (χ0) is 15.0. The highest BCUT2D eigenvalue weighted by molar-refractivity contribution is 5.66. The number of benzene rings is 2. The minimum Gasteiger partial charge on any atom is -0.399 e. The summed E-state index contributed by atoms with van der Waals surface area (Å²) in [7, 11) is 0. The van der Waals surface area contributed by atoms with Crippen LogP contribution < -0.4 is 5.73 Å². The molecule has 106 valence electrons. The standard InChI is InChI=1S/C15H14FN5/c1-9-5-11(16)7-13(6-9)21-15(18-19-20-21)14-8-12(17)4-3-10(14)2/h3-8H,17H2,1-2H3. The molecule has 21 heavy (non-hydrogen) atoms. The number of aromatic nitrogens is 4. The van der Waals surface area contributed by atoms with E-state index in [-0.39, 0.29) is 5.82 Å². The van der Waals surface area contributed by atoms with E-state index in [1.165, 1.54) is 16.8 Å². The van der Waals surface area contributed by atoms with Crippen LogP contribution in [0.3, 0.4) is 0 Å². The first-order chi connectivity index (χ1) is 10.0. The van der Waals surface area contributed by atoms with Crippen LogP contribution in [0.1, 0.15) is 11.1 Å². The van der Waals surface area contributed by atoms with Crippen molar-refractivity contribution in [2.75, 3.05) is 5.73 Å². The Hall–Kier alpha value is -2.76. The van der Waals surface area contributed by atoms with Gasteiger partial charge in [0, 0.05) is 11.3 Å². The lowest BCUT2D eigenvalue weighted by Gasteiger charge is -2.08. The fraction of sp³-hybridized carbons (Fsp3) is 0.133. The molecule has 0 saturated heterocycles. The summed E-state index contributed by atoms with van der Waals surface area (Å²) in [6.45, 7) is 3.77. The number of nitrogens with zero attached hydrogens (tertiary/aromatic N) is 4. The summed E-state index contributed by atoms with van der Waals surface area (Å²) in [6.07, 6.45) is 0. The lowest BCUT2D eigenvalue weighted by Crippen LogP contribution is -2.02. The number of rotatable bonds is 2. The van der Waals surface area contributed by atoms with Crippen molar-refractivity contribution in [3.63, 3.8) is 0 Å². The molecule has 0 atom stereocenters. The smallest absolute Gasteiger partial charge is 0.187 e. The SMILES string of the molecule is Cc1cc(F)cc(-n2nnnc2-c2cc(N)ccc2C)c1. The molecule has 6 heteroatoms. The third-order valence-electron chi connectivity index (χ3n) is 3.24. The van der Waals surface area contributed by atoms with Crippen molar-refractivity contribution >= 4 is 5.69 Å². The summed E-state index contributed by atoms with van der Waals surface area (Å²) in [4.78, 5) is 0. The van der Waals surface area contributed by atoms with Crippen LogP contribution in [-0.4, -0.2) is 20.2 Å². The van der Waals surface area contributed by atoms with Crippen molar-refractivity contribution in [2.45, 2.75) is 13.8 Å². The largest absolute Gasteiger partial charge is 0.399 e. The maximum Gasteiger partial charge on any atom is 0.187 e. The van der Waals surface area contributed by atoms with Crippen LogP contribution in [0.15, 0.2) is 36.4 Å². The first-order valence-corrected chi connectivity index (χ1v) is 6.47. The van der Waals surface area contributed by atoms with E-state index in [4.69, 9.17) is 5.73 Å². The van der Waals surface area contributed by atoms with Gasteiger partial charge in [-0.1, -0.05) is 6.07 Å². The second kappa shape index (κ2) is 4.97. The number of anilines is 1. The minimum absolute atomic E-state index is 0.323. The van der Waals surface area contributed by atoms with E-state index in [1.54, 1.807) is 0 Å². The van der Waals surface area contributed by atoms with Crippen molar-refractivity contribution in [1.29, 1.82) is 0 Å². The Kier molecular flexibility index (Phi) is 3.13. The van der Waals surface area contributed by atoms with Gasteiger partial charge in [-0.2, -0.15) is 4.68 Å². The Morgan fingerprint density at radius 1 is 1.10 bits per heavy atom. The zero-order valence-corrected chi connectivity index (χ0v) is 11.7. The van der Waals surface area contributed by atoms with Gasteiger partial charge in [0.1, 0.15) is 5.82 Å². The van der Waals surface area contributed by atoms with Gasteiger partial charge < -0.3 is 5.73 Å². The molecule has 2 N–H and O–H groups in total. The lowest BCUT2D eigenvalue weighted by atomic mass is 10.1. The maximum absolute atomic E-state index is 13.6. The van der Waals surface area contributed by atoms with Gasteiger partial charge in [0.2, 0.25) is 0 Å². The summed E-state index contributed by atoms with van der Waals surface area (Å²) >= 11 is 0. The van der Waals surface area contributed by atoms with E-state index >= 15 is 0 Å². The van der Waals surface area contributed by atoms with Gasteiger partial charge in [0.05, 0.1) is 5.69 Å². The molecule has 0 spiro atoms. The van der Waals surface area contributed by atoms with Crippen LogP contribution in [0.25, 0.3) is 17.1 Å². The topological polar surface area (TPSA) is 69.6 Å². The number of aryl methyl sites for hydroxylation is 2. The molecule has 0 radical (unpaired) electrons. The molecule has 1 heterocycles. The maximum atomic E-state index is 13.6. The summed E-state index contributed by atoms with van der Waals surface area (Å²) < 4.78 is 15.1. The molecule has 0 aliphatic rings. The van der Waals surface area contributed by atoms with Gasteiger partial charge in [-0.15, -0.1) is 5.10 Å². The predicted molar refractivity (Wildman–Crippen MR) is 78.4 cm³/mol. The Labute approximate surface area is 121 Å². The summed E-state index contributed by atoms with van der Waals surface area (Å²) in [5.41, 5.74) is 9.65. The second-order valence-corrected chi connectivity index (χ2v) is 4.98. The quantitative estimate of drug-likeness (QED) is 0.734. The van der Waals surface area contributed by atoms with E-state index in [2.05, 4.69) is 15.5 Å². The molecule has 0 aliphatic carbocycles. The minimum atomic E-state index is -0.323. The molecule has 0 amide bonds. The molecule has 0 fully saturated rings. The molecule has 0 unspecified atom stereocenters.